The molecule has 3 N–H and O–H groups in total. The van der Waals surface area contributed by atoms with Gasteiger partial charge in [0.25, 0.3) is 10.0 Å². The van der Waals surface area contributed by atoms with E-state index in [9.17, 15) is 13.2 Å². The largest absolute Gasteiger partial charge is 0.359 e. The van der Waals surface area contributed by atoms with Crippen molar-refractivity contribution in [2.75, 3.05) is 0 Å². The molecule has 0 atom stereocenters. The van der Waals surface area contributed by atoms with E-state index < -0.39 is 16.1 Å². The van der Waals surface area contributed by atoms with Gasteiger partial charge in [-0.1, -0.05) is 23.8 Å². The number of H-pyrrole nitrogens is 1. The van der Waals surface area contributed by atoms with Crippen molar-refractivity contribution in [2.45, 2.75) is 25.3 Å². The minimum Gasteiger partial charge on any atom is -0.359 e. The first-order valence-corrected chi connectivity index (χ1v) is 9.27. The topological polar surface area (TPSA) is 91.1 Å². The molecule has 0 unspecified atom stereocenters. The van der Waals surface area contributed by atoms with E-state index in [0.29, 0.717) is 0 Å². The molecule has 0 aliphatic rings. The highest BCUT2D eigenvalue weighted by Crippen LogP contribution is 2.16. The fourth-order valence-electron chi connectivity index (χ4n) is 2.55. The molecule has 0 saturated heterocycles. The molecule has 1 aromatic heterocycles. The number of fused-ring (bicyclic) bond motifs is 1. The van der Waals surface area contributed by atoms with Gasteiger partial charge in [-0.25, -0.2) is 17.9 Å². The molecule has 3 aromatic rings. The Bertz CT molecular complexity index is 1020. The Labute approximate surface area is 146 Å². The molecule has 130 valence electrons. The van der Waals surface area contributed by atoms with Gasteiger partial charge in [-0.3, -0.25) is 0 Å². The summed E-state index contributed by atoms with van der Waals surface area (Å²) in [6, 6.07) is 13.3. The molecular weight excluding hydrogens is 338 g/mol. The van der Waals surface area contributed by atoms with Crippen LogP contribution < -0.4 is 10.0 Å². The molecule has 0 aliphatic heterocycles. The quantitative estimate of drug-likeness (QED) is 0.670. The van der Waals surface area contributed by atoms with Crippen LogP contribution in [0.2, 0.25) is 0 Å². The third kappa shape index (κ3) is 4.00. The summed E-state index contributed by atoms with van der Waals surface area (Å²) < 4.78 is 26.4. The monoisotopic (exact) mass is 357 g/mol. The highest BCUT2D eigenvalue weighted by Gasteiger charge is 2.17. The van der Waals surface area contributed by atoms with Crippen molar-refractivity contribution in [1.29, 1.82) is 0 Å². The molecule has 2 amide bonds. The number of amides is 2. The Morgan fingerprint density at radius 1 is 1.04 bits per heavy atom. The zero-order valence-electron chi connectivity index (χ0n) is 14.0. The third-order valence-electron chi connectivity index (χ3n) is 3.83. The lowest BCUT2D eigenvalue weighted by atomic mass is 10.1. The van der Waals surface area contributed by atoms with E-state index in [2.05, 4.69) is 10.3 Å². The van der Waals surface area contributed by atoms with Gasteiger partial charge in [-0.15, -0.1) is 0 Å². The highest BCUT2D eigenvalue weighted by atomic mass is 32.2. The fourth-order valence-corrected chi connectivity index (χ4v) is 3.48. The van der Waals surface area contributed by atoms with Crippen LogP contribution in [-0.4, -0.2) is 19.4 Å². The Hall–Kier alpha value is -2.80. The number of urea groups is 1. The predicted molar refractivity (Wildman–Crippen MR) is 96.8 cm³/mol. The first kappa shape index (κ1) is 17.0. The summed E-state index contributed by atoms with van der Waals surface area (Å²) in [4.78, 5) is 15.2. The molecule has 25 heavy (non-hydrogen) atoms. The zero-order chi connectivity index (χ0) is 18.0. The van der Waals surface area contributed by atoms with Gasteiger partial charge in [-0.05, 0) is 55.1 Å². The van der Waals surface area contributed by atoms with Gasteiger partial charge < -0.3 is 10.3 Å². The molecule has 0 fully saturated rings. The highest BCUT2D eigenvalue weighted by molar-refractivity contribution is 7.90. The van der Waals surface area contributed by atoms with Gasteiger partial charge in [-0.2, -0.15) is 0 Å². The van der Waals surface area contributed by atoms with Crippen molar-refractivity contribution >= 4 is 27.0 Å². The maximum absolute atomic E-state index is 12.2. The molecule has 2 aromatic carbocycles. The smallest absolute Gasteiger partial charge is 0.328 e. The van der Waals surface area contributed by atoms with Crippen molar-refractivity contribution in [3.05, 3.63) is 65.4 Å². The van der Waals surface area contributed by atoms with Crippen LogP contribution in [0.5, 0.6) is 0 Å². The van der Waals surface area contributed by atoms with E-state index in [1.165, 1.54) is 12.1 Å². The minimum atomic E-state index is -3.88. The molecule has 0 aliphatic carbocycles. The average molecular weight is 357 g/mol. The molecule has 0 spiro atoms. The minimum absolute atomic E-state index is 0.0532. The third-order valence-corrected chi connectivity index (χ3v) is 5.18. The Kier molecular flexibility index (Phi) is 4.50. The molecule has 3 rings (SSSR count). The maximum Gasteiger partial charge on any atom is 0.328 e. The first-order chi connectivity index (χ1) is 11.8. The number of carbonyl (C=O) groups excluding carboxylic acids is 1. The van der Waals surface area contributed by atoms with Crippen LogP contribution in [-0.2, 0) is 16.6 Å². The molecule has 1 heterocycles. The van der Waals surface area contributed by atoms with Crippen LogP contribution in [0.3, 0.4) is 0 Å². The zero-order valence-corrected chi connectivity index (χ0v) is 14.8. The number of carbonyl (C=O) groups is 1. The van der Waals surface area contributed by atoms with Gasteiger partial charge >= 0.3 is 6.03 Å². The number of aryl methyl sites for hydroxylation is 2. The van der Waals surface area contributed by atoms with Crippen molar-refractivity contribution in [3.8, 4) is 0 Å². The molecule has 7 heteroatoms. The lowest BCUT2D eigenvalue weighted by molar-refractivity contribution is 0.245. The molecular formula is C18H19N3O3S. The van der Waals surface area contributed by atoms with E-state index in [0.717, 1.165) is 27.7 Å². The number of aromatic nitrogens is 1. The summed E-state index contributed by atoms with van der Waals surface area (Å²) >= 11 is 0. The average Bonchev–Trinajstić information content (AvgIpc) is 2.92. The van der Waals surface area contributed by atoms with Crippen LogP contribution in [0.4, 0.5) is 4.79 Å². The molecule has 0 saturated carbocycles. The van der Waals surface area contributed by atoms with Crippen molar-refractivity contribution in [2.24, 2.45) is 0 Å². The lowest BCUT2D eigenvalue weighted by Crippen LogP contribution is -2.39. The maximum atomic E-state index is 12.2. The van der Waals surface area contributed by atoms with Crippen LogP contribution in [0, 0.1) is 13.8 Å². The van der Waals surface area contributed by atoms with E-state index in [1.54, 1.807) is 12.1 Å². The second kappa shape index (κ2) is 6.60. The number of nitrogens with one attached hydrogen (secondary N) is 3. The van der Waals surface area contributed by atoms with Crippen LogP contribution in [0.1, 0.15) is 16.8 Å². The number of benzene rings is 2. The first-order valence-electron chi connectivity index (χ1n) is 7.79. The van der Waals surface area contributed by atoms with Crippen LogP contribution >= 0.6 is 0 Å². The Morgan fingerprint density at radius 2 is 1.76 bits per heavy atom. The van der Waals surface area contributed by atoms with Gasteiger partial charge in [0.15, 0.2) is 0 Å². The Balaban J connectivity index is 1.64. The summed E-state index contributed by atoms with van der Waals surface area (Å²) in [5.41, 5.74) is 3.91. The van der Waals surface area contributed by atoms with Gasteiger partial charge in [0.1, 0.15) is 0 Å². The number of hydrogen-bond donors (Lipinski definition) is 3. The van der Waals surface area contributed by atoms with Crippen LogP contribution in [0.25, 0.3) is 10.9 Å². The number of aromatic amines is 1. The van der Waals surface area contributed by atoms with Crippen LogP contribution in [0.15, 0.2) is 53.4 Å². The number of sulfonamides is 1. The van der Waals surface area contributed by atoms with E-state index in [4.69, 9.17) is 0 Å². The normalized spacial score (nSPS) is 11.4. The molecule has 0 bridgehead atoms. The van der Waals surface area contributed by atoms with Crippen molar-refractivity contribution in [3.63, 3.8) is 0 Å². The predicted octanol–water partition coefficient (Wildman–Crippen LogP) is 2.97. The second-order valence-electron chi connectivity index (χ2n) is 5.98. The summed E-state index contributed by atoms with van der Waals surface area (Å²) in [6.07, 6.45) is 0. The van der Waals surface area contributed by atoms with Gasteiger partial charge in [0.05, 0.1) is 4.90 Å². The molecule has 6 nitrogen and oxygen atoms in total. The fraction of sp³-hybridized carbons (Fsp3) is 0.167. The Morgan fingerprint density at radius 3 is 2.48 bits per heavy atom. The van der Waals surface area contributed by atoms with Gasteiger partial charge in [0.2, 0.25) is 0 Å². The SMILES string of the molecule is Cc1ccc(S(=O)(=O)NC(=O)NCc2ccc3[nH]c(C)cc3c2)cc1. The summed E-state index contributed by atoms with van der Waals surface area (Å²) in [5.74, 6) is 0. The second-order valence-corrected chi connectivity index (χ2v) is 7.66. The van der Waals surface area contributed by atoms with Crippen molar-refractivity contribution < 1.29 is 13.2 Å². The van der Waals surface area contributed by atoms with E-state index >= 15 is 0 Å². The number of rotatable bonds is 4. The summed E-state index contributed by atoms with van der Waals surface area (Å²) in [5, 5.41) is 3.61. The van der Waals surface area contributed by atoms with Gasteiger partial charge in [0, 0.05) is 17.8 Å². The van der Waals surface area contributed by atoms with E-state index in [1.807, 2.05) is 42.8 Å². The van der Waals surface area contributed by atoms with Crippen molar-refractivity contribution in [1.82, 2.24) is 15.0 Å². The lowest BCUT2D eigenvalue weighted by Gasteiger charge is -2.09. The number of hydrogen-bond acceptors (Lipinski definition) is 3. The molecule has 0 radical (unpaired) electrons. The standard InChI is InChI=1S/C18H19N3O3S/c1-12-3-6-16(7-4-12)25(23,24)21-18(22)19-11-14-5-8-17-15(10-14)9-13(2)20-17/h3-10,20H,11H2,1-2H3,(H2,19,21,22). The summed E-state index contributed by atoms with van der Waals surface area (Å²) in [7, 11) is -3.88. The van der Waals surface area contributed by atoms with E-state index in [-0.39, 0.29) is 11.4 Å². The summed E-state index contributed by atoms with van der Waals surface area (Å²) in [6.45, 7) is 4.07.